The molecule has 0 aliphatic carbocycles. The first-order valence-corrected chi connectivity index (χ1v) is 14.9. The van der Waals surface area contributed by atoms with Crippen molar-refractivity contribution in [3.63, 3.8) is 0 Å². The lowest BCUT2D eigenvalue weighted by Gasteiger charge is -2.32. The molecule has 0 spiro atoms. The van der Waals surface area contributed by atoms with Gasteiger partial charge in [0.2, 0.25) is 0 Å². The molecule has 1 saturated heterocycles. The van der Waals surface area contributed by atoms with E-state index in [1.165, 1.54) is 15.9 Å². The monoisotopic (exact) mass is 615 g/mol. The number of nitrogens with one attached hydrogen (secondary N) is 1. The van der Waals surface area contributed by atoms with Crippen molar-refractivity contribution >= 4 is 29.1 Å². The van der Waals surface area contributed by atoms with Gasteiger partial charge in [-0.05, 0) is 95.3 Å². The van der Waals surface area contributed by atoms with Crippen LogP contribution >= 0.6 is 7.26 Å². The Labute approximate surface area is 234 Å². The zero-order valence-corrected chi connectivity index (χ0v) is 24.8. The van der Waals surface area contributed by atoms with Crippen LogP contribution in [0, 0.1) is 5.92 Å². The van der Waals surface area contributed by atoms with Crippen LogP contribution in [0.25, 0.3) is 0 Å². The second kappa shape index (κ2) is 13.2. The highest BCUT2D eigenvalue weighted by Gasteiger charge is 2.44. The first kappa shape index (κ1) is 28.8. The van der Waals surface area contributed by atoms with Gasteiger partial charge in [0, 0.05) is 0 Å². The largest absolute Gasteiger partial charge is 1.00 e. The maximum Gasteiger partial charge on any atom is 0.323 e. The number of benzene rings is 3. The van der Waals surface area contributed by atoms with Crippen molar-refractivity contribution in [2.24, 2.45) is 5.92 Å². The number of halogens is 1. The van der Waals surface area contributed by atoms with Crippen LogP contribution in [-0.2, 0) is 9.53 Å². The summed E-state index contributed by atoms with van der Waals surface area (Å²) in [4.78, 5) is 12.7. The molecule has 1 aliphatic heterocycles. The third-order valence-electron chi connectivity index (χ3n) is 6.90. The number of hydrogen-bond donors (Lipinski definition) is 1. The average Bonchev–Trinajstić information content (AvgIpc) is 2.87. The smallest absolute Gasteiger partial charge is 0.323 e. The third-order valence-corrected chi connectivity index (χ3v) is 11.4. The summed E-state index contributed by atoms with van der Waals surface area (Å²) in [6.07, 6.45) is 5.38. The number of piperidine rings is 1. The van der Waals surface area contributed by atoms with Crippen LogP contribution in [0.3, 0.4) is 0 Å². The number of rotatable bonds is 8. The molecule has 0 aromatic heterocycles. The number of hydrogen-bond acceptors (Lipinski definition) is 3. The van der Waals surface area contributed by atoms with Crippen molar-refractivity contribution in [1.29, 1.82) is 0 Å². The Morgan fingerprint density at radius 1 is 0.861 bits per heavy atom. The van der Waals surface area contributed by atoms with E-state index < -0.39 is 12.9 Å². The highest BCUT2D eigenvalue weighted by molar-refractivity contribution is 7.95. The van der Waals surface area contributed by atoms with E-state index in [4.69, 9.17) is 4.74 Å². The van der Waals surface area contributed by atoms with Crippen LogP contribution in [0.5, 0.6) is 0 Å². The average molecular weight is 616 g/mol. The van der Waals surface area contributed by atoms with Crippen molar-refractivity contribution in [1.82, 2.24) is 5.32 Å². The maximum atomic E-state index is 12.7. The minimum atomic E-state index is -1.79. The van der Waals surface area contributed by atoms with Gasteiger partial charge < -0.3 is 34.0 Å². The molecule has 5 heteroatoms. The summed E-state index contributed by atoms with van der Waals surface area (Å²) in [7, 11) is -1.79. The quantitative estimate of drug-likeness (QED) is 0.241. The van der Waals surface area contributed by atoms with Gasteiger partial charge in [-0.25, -0.2) is 0 Å². The molecule has 1 N–H and O–H groups in total. The van der Waals surface area contributed by atoms with E-state index in [1.807, 2.05) is 20.8 Å². The van der Waals surface area contributed by atoms with Gasteiger partial charge >= 0.3 is 5.97 Å². The fraction of sp³-hybridized carbons (Fsp3) is 0.387. The highest BCUT2D eigenvalue weighted by Crippen LogP contribution is 2.56. The van der Waals surface area contributed by atoms with Gasteiger partial charge in [-0.15, -0.1) is 0 Å². The zero-order chi connectivity index (χ0) is 24.7. The van der Waals surface area contributed by atoms with Crippen LogP contribution < -0.4 is 45.2 Å². The molecule has 1 unspecified atom stereocenters. The van der Waals surface area contributed by atoms with E-state index in [2.05, 4.69) is 96.3 Å². The first-order valence-electron chi connectivity index (χ1n) is 12.9. The molecule has 1 heterocycles. The van der Waals surface area contributed by atoms with Crippen molar-refractivity contribution in [3.05, 3.63) is 91.0 Å². The molecule has 0 saturated carbocycles. The summed E-state index contributed by atoms with van der Waals surface area (Å²) >= 11 is 0. The number of esters is 1. The molecule has 2 atom stereocenters. The van der Waals surface area contributed by atoms with Crippen molar-refractivity contribution in [2.75, 3.05) is 12.7 Å². The van der Waals surface area contributed by atoms with E-state index in [-0.39, 0.29) is 36.0 Å². The fourth-order valence-corrected chi connectivity index (χ4v) is 9.68. The SMILES string of the molecule is CC(C)(C)OC(=O)[C@@H]1CC(CCC[P+](c2ccccc2)(c2ccccc2)c2ccccc2)CCN1.[I-]. The Balaban J connectivity index is 0.00000361. The first-order chi connectivity index (χ1) is 16.9. The minimum absolute atomic E-state index is 0. The van der Waals surface area contributed by atoms with Gasteiger partial charge in [-0.3, -0.25) is 4.79 Å². The number of carbonyl (C=O) groups excluding carboxylic acids is 1. The second-order valence-corrected chi connectivity index (χ2v) is 14.2. The topological polar surface area (TPSA) is 38.3 Å². The number of ether oxygens (including phenoxy) is 1. The van der Waals surface area contributed by atoms with Crippen LogP contribution in [0.4, 0.5) is 0 Å². The zero-order valence-electron chi connectivity index (χ0n) is 21.7. The molecule has 192 valence electrons. The Bertz CT molecular complexity index is 973. The Kier molecular flexibility index (Phi) is 10.5. The van der Waals surface area contributed by atoms with Crippen LogP contribution in [0.15, 0.2) is 91.0 Å². The molecular formula is C31H39INO2P. The summed E-state index contributed by atoms with van der Waals surface area (Å²) in [5.74, 6) is 0.430. The predicted octanol–water partition coefficient (Wildman–Crippen LogP) is 2.47. The molecule has 1 fully saturated rings. The molecule has 3 nitrogen and oxygen atoms in total. The lowest BCUT2D eigenvalue weighted by molar-refractivity contribution is -0.158. The van der Waals surface area contributed by atoms with E-state index in [0.29, 0.717) is 5.92 Å². The van der Waals surface area contributed by atoms with Gasteiger partial charge in [-0.2, -0.15) is 0 Å². The lowest BCUT2D eigenvalue weighted by Crippen LogP contribution is -3.00. The van der Waals surface area contributed by atoms with Gasteiger partial charge in [0.05, 0.1) is 6.16 Å². The summed E-state index contributed by atoms with van der Waals surface area (Å²) in [6, 6.07) is 33.1. The maximum absolute atomic E-state index is 12.7. The normalized spacial score (nSPS) is 18.2. The Morgan fingerprint density at radius 2 is 1.33 bits per heavy atom. The Hall–Kier alpha value is -1.75. The van der Waals surface area contributed by atoms with Gasteiger partial charge in [0.15, 0.2) is 0 Å². The van der Waals surface area contributed by atoms with Crippen molar-refractivity contribution in [2.45, 2.75) is 58.1 Å². The molecule has 1 aliphatic rings. The summed E-state index contributed by atoms with van der Waals surface area (Å²) in [5, 5.41) is 7.71. The summed E-state index contributed by atoms with van der Waals surface area (Å²) in [6.45, 7) is 6.69. The van der Waals surface area contributed by atoms with Crippen molar-refractivity contribution in [3.8, 4) is 0 Å². The summed E-state index contributed by atoms with van der Waals surface area (Å²) in [5.41, 5.74) is -0.448. The minimum Gasteiger partial charge on any atom is -1.00 e. The third kappa shape index (κ3) is 7.18. The molecular weight excluding hydrogens is 576 g/mol. The summed E-state index contributed by atoms with van der Waals surface area (Å²) < 4.78 is 5.66. The lowest BCUT2D eigenvalue weighted by atomic mass is 9.89. The molecule has 3 aromatic rings. The van der Waals surface area contributed by atoms with E-state index >= 15 is 0 Å². The highest BCUT2D eigenvalue weighted by atomic mass is 127. The standard InChI is InChI=1S/C31H39NO2P.HI/c1-31(2,3)34-30(33)29-24-25(21-22-32-29)14-13-23-35(26-15-7-4-8-16-26,27-17-9-5-10-18-27)28-19-11-6-12-20-28;/h4-12,15-20,25,29,32H,13-14,21-24H2,1-3H3;1H/q+1;/p-1/t25?,29-;/m0./s1. The van der Waals surface area contributed by atoms with Gasteiger partial charge in [0.25, 0.3) is 0 Å². The van der Waals surface area contributed by atoms with Crippen molar-refractivity contribution < 1.29 is 33.5 Å². The predicted molar refractivity (Wildman–Crippen MR) is 150 cm³/mol. The molecule has 4 rings (SSSR count). The molecule has 3 aromatic carbocycles. The van der Waals surface area contributed by atoms with E-state index in [1.54, 1.807) is 0 Å². The van der Waals surface area contributed by atoms with Crippen LogP contribution in [0.1, 0.15) is 46.5 Å². The van der Waals surface area contributed by atoms with Crippen LogP contribution in [0.2, 0.25) is 0 Å². The Morgan fingerprint density at radius 3 is 1.78 bits per heavy atom. The van der Waals surface area contributed by atoms with Crippen LogP contribution in [-0.4, -0.2) is 30.3 Å². The van der Waals surface area contributed by atoms with Gasteiger partial charge in [-0.1, -0.05) is 54.6 Å². The van der Waals surface area contributed by atoms with E-state index in [0.717, 1.165) is 38.4 Å². The number of carbonyl (C=O) groups is 1. The molecule has 0 bridgehead atoms. The van der Waals surface area contributed by atoms with E-state index in [9.17, 15) is 4.79 Å². The fourth-order valence-electron chi connectivity index (χ4n) is 5.31. The molecule has 0 amide bonds. The van der Waals surface area contributed by atoms with Gasteiger partial charge in [0.1, 0.15) is 34.8 Å². The molecule has 36 heavy (non-hydrogen) atoms. The second-order valence-electron chi connectivity index (χ2n) is 10.6. The molecule has 0 radical (unpaired) electrons.